The van der Waals surface area contributed by atoms with E-state index in [0.717, 1.165) is 22.2 Å². The number of carbonyl (C=O) groups excluding carboxylic acids is 2. The van der Waals surface area contributed by atoms with Crippen molar-refractivity contribution in [2.75, 3.05) is 13.3 Å². The van der Waals surface area contributed by atoms with Crippen LogP contribution in [0.4, 0.5) is 0 Å². The lowest BCUT2D eigenvalue weighted by Gasteiger charge is -2.24. The van der Waals surface area contributed by atoms with Crippen molar-refractivity contribution >= 4 is 41.0 Å². The molecule has 1 aromatic heterocycles. The Kier molecular flexibility index (Phi) is 10.8. The monoisotopic (exact) mass is 594 g/mol. The number of hydrogen-bond donors (Lipinski definition) is 4. The third-order valence-electron chi connectivity index (χ3n) is 5.59. The highest BCUT2D eigenvalue weighted by Gasteiger charge is 2.22. The highest BCUT2D eigenvalue weighted by atomic mass is 35.5. The molecule has 5 N–H and O–H groups in total. The molecule has 0 unspecified atom stereocenters. The summed E-state index contributed by atoms with van der Waals surface area (Å²) in [7, 11) is 0. The number of carboxylic acids is 1. The van der Waals surface area contributed by atoms with Gasteiger partial charge in [0.05, 0.1) is 6.54 Å². The normalized spacial score (nSPS) is 12.7. The second-order valence-corrected chi connectivity index (χ2v) is 9.83. The Labute approximate surface area is 239 Å². The number of nitrogens with one attached hydrogen (secondary N) is 1. The Morgan fingerprint density at radius 3 is 2.50 bits per heavy atom. The molecule has 0 aliphatic carbocycles. The van der Waals surface area contributed by atoms with Crippen LogP contribution in [0.1, 0.15) is 29.9 Å². The van der Waals surface area contributed by atoms with Gasteiger partial charge in [0.1, 0.15) is 12.2 Å². The van der Waals surface area contributed by atoms with Gasteiger partial charge in [-0.2, -0.15) is 0 Å². The minimum atomic E-state index is -1.78. The smallest absolute Gasteiger partial charge is 0.333 e. The molecule has 3 aromatic rings. The molecule has 13 nitrogen and oxygen atoms in total. The molecule has 0 aliphatic heterocycles. The van der Waals surface area contributed by atoms with Crippen molar-refractivity contribution in [3.8, 4) is 11.1 Å². The van der Waals surface area contributed by atoms with Crippen molar-refractivity contribution in [3.63, 3.8) is 0 Å². The van der Waals surface area contributed by atoms with Crippen LogP contribution in [-0.4, -0.2) is 73.7 Å². The van der Waals surface area contributed by atoms with Crippen LogP contribution in [0.25, 0.3) is 11.1 Å². The number of ether oxygens (including phenoxy) is 1. The lowest BCUT2D eigenvalue weighted by Crippen LogP contribution is -2.47. The van der Waals surface area contributed by atoms with Gasteiger partial charge < -0.3 is 25.5 Å². The number of aliphatic hydroxyl groups excluding tert-OH is 1. The largest absolute Gasteiger partial charge is 0.479 e. The molecule has 0 spiro atoms. The van der Waals surface area contributed by atoms with E-state index in [2.05, 4.69) is 15.7 Å². The predicted octanol–water partition coefficient (Wildman–Crippen LogP) is 1.76. The van der Waals surface area contributed by atoms with E-state index >= 15 is 0 Å². The minimum absolute atomic E-state index is 0.0380. The highest BCUT2D eigenvalue weighted by molar-refractivity contribution is 6.35. The average molecular weight is 595 g/mol. The molecular formula is C25H28Cl2N6O7. The van der Waals surface area contributed by atoms with Crippen molar-refractivity contribution < 1.29 is 34.2 Å². The quantitative estimate of drug-likeness (QED) is 0.128. The van der Waals surface area contributed by atoms with Crippen molar-refractivity contribution in [2.24, 2.45) is 11.7 Å². The first-order valence-corrected chi connectivity index (χ1v) is 12.7. The summed E-state index contributed by atoms with van der Waals surface area (Å²) in [6, 6.07) is 11.4. The third kappa shape index (κ3) is 8.63. The Hall–Kier alpha value is -3.75. The first kappa shape index (κ1) is 30.8. The molecule has 0 aliphatic rings. The molecule has 0 saturated carbocycles. The first-order valence-electron chi connectivity index (χ1n) is 11.9. The number of benzene rings is 2. The number of hydrazine groups is 1. The molecule has 1 heterocycles. The number of aliphatic carboxylic acids is 1. The lowest BCUT2D eigenvalue weighted by molar-refractivity contribution is -0.160. The lowest BCUT2D eigenvalue weighted by atomic mass is 10.0. The summed E-state index contributed by atoms with van der Waals surface area (Å²) in [5, 5.41) is 28.6. The molecule has 1 amide bonds. The fraction of sp³-hybridized carbons (Fsp3) is 0.320. The number of aliphatic hydroxyl groups is 1. The van der Waals surface area contributed by atoms with Crippen LogP contribution in [0.2, 0.25) is 10.0 Å². The van der Waals surface area contributed by atoms with E-state index in [4.69, 9.17) is 43.6 Å². The van der Waals surface area contributed by atoms with Gasteiger partial charge in [0, 0.05) is 22.2 Å². The van der Waals surface area contributed by atoms with Crippen LogP contribution in [0, 0.1) is 5.92 Å². The van der Waals surface area contributed by atoms with E-state index in [1.54, 1.807) is 56.3 Å². The van der Waals surface area contributed by atoms with Crippen LogP contribution < -0.4 is 16.0 Å². The summed E-state index contributed by atoms with van der Waals surface area (Å²) in [5.41, 5.74) is 10.2. The van der Waals surface area contributed by atoms with Crippen LogP contribution in [0.15, 0.2) is 48.7 Å². The number of esters is 1. The fourth-order valence-electron chi connectivity index (χ4n) is 3.29. The van der Waals surface area contributed by atoms with Gasteiger partial charge in [-0.1, -0.05) is 66.2 Å². The first-order chi connectivity index (χ1) is 18.9. The molecule has 0 saturated heterocycles. The molecule has 214 valence electrons. The van der Waals surface area contributed by atoms with Crippen molar-refractivity contribution in [1.82, 2.24) is 25.6 Å². The number of halogens is 2. The van der Waals surface area contributed by atoms with E-state index in [0.29, 0.717) is 15.6 Å². The Morgan fingerprint density at radius 1 is 1.15 bits per heavy atom. The van der Waals surface area contributed by atoms with Crippen LogP contribution in [-0.2, 0) is 20.9 Å². The maximum Gasteiger partial charge on any atom is 0.333 e. The van der Waals surface area contributed by atoms with Crippen LogP contribution >= 0.6 is 23.2 Å². The van der Waals surface area contributed by atoms with Gasteiger partial charge in [-0.25, -0.2) is 9.80 Å². The number of rotatable bonds is 13. The Balaban J connectivity index is 1.65. The number of carboxylic acid groups (broad SMARTS) is 1. The predicted molar refractivity (Wildman–Crippen MR) is 144 cm³/mol. The molecule has 0 radical (unpaired) electrons. The van der Waals surface area contributed by atoms with Crippen molar-refractivity contribution in [2.45, 2.75) is 32.5 Å². The van der Waals surface area contributed by atoms with Gasteiger partial charge in [0.2, 0.25) is 0 Å². The second-order valence-electron chi connectivity index (χ2n) is 8.98. The zero-order chi connectivity index (χ0) is 29.4. The molecule has 0 fully saturated rings. The van der Waals surface area contributed by atoms with E-state index < -0.39 is 43.3 Å². The molecule has 15 heteroatoms. The summed E-state index contributed by atoms with van der Waals surface area (Å²) in [6.45, 7) is 2.62. The average Bonchev–Trinajstić information content (AvgIpc) is 3.39. The zero-order valence-electron chi connectivity index (χ0n) is 21.5. The standard InChI is InChI=1S/C25H28Cl2N6O7/c1-14(2)22(28)25(38)39-13-40-33-11-20(29-31-33)23(35)30-32(12-21(34)24(36)37)10-15-3-5-16(6-4-15)18-9-17(26)7-8-19(18)27/h3-9,11,14,21-22,34H,10,12-13,28H2,1-2H3,(H,30,35)(H,36,37)/t21-,22+/m1/s1. The summed E-state index contributed by atoms with van der Waals surface area (Å²) >= 11 is 12.4. The molecular weight excluding hydrogens is 567 g/mol. The third-order valence-corrected chi connectivity index (χ3v) is 6.15. The number of nitrogens with two attached hydrogens (primary N) is 1. The molecule has 3 rings (SSSR count). The van der Waals surface area contributed by atoms with Crippen LogP contribution in [0.5, 0.6) is 0 Å². The maximum atomic E-state index is 12.8. The molecule has 40 heavy (non-hydrogen) atoms. The number of amides is 1. The van der Waals surface area contributed by atoms with E-state index in [9.17, 15) is 19.5 Å². The van der Waals surface area contributed by atoms with Gasteiger partial charge in [-0.05, 0) is 40.5 Å². The fourth-order valence-corrected chi connectivity index (χ4v) is 3.69. The van der Waals surface area contributed by atoms with Gasteiger partial charge in [-0.3, -0.25) is 15.0 Å². The maximum absolute atomic E-state index is 12.8. The minimum Gasteiger partial charge on any atom is -0.479 e. The topological polar surface area (TPSA) is 182 Å². The molecule has 2 atom stereocenters. The summed E-state index contributed by atoms with van der Waals surface area (Å²) in [5.74, 6) is -3.01. The summed E-state index contributed by atoms with van der Waals surface area (Å²) < 4.78 is 4.90. The second kappa shape index (κ2) is 14.1. The van der Waals surface area contributed by atoms with Crippen molar-refractivity contribution in [3.05, 3.63) is 70.0 Å². The van der Waals surface area contributed by atoms with Gasteiger partial charge in [0.25, 0.3) is 12.7 Å². The van der Waals surface area contributed by atoms with Gasteiger partial charge >= 0.3 is 11.9 Å². The molecule has 2 aromatic carbocycles. The number of nitrogens with zero attached hydrogens (tertiary/aromatic N) is 4. The van der Waals surface area contributed by atoms with Gasteiger partial charge in [-0.15, -0.1) is 5.10 Å². The Bertz CT molecular complexity index is 1340. The van der Waals surface area contributed by atoms with Gasteiger partial charge in [0.15, 0.2) is 11.8 Å². The summed E-state index contributed by atoms with van der Waals surface area (Å²) in [6.07, 6.45) is -0.656. The Morgan fingerprint density at radius 2 is 1.85 bits per heavy atom. The van der Waals surface area contributed by atoms with E-state index in [1.165, 1.54) is 5.01 Å². The zero-order valence-corrected chi connectivity index (χ0v) is 23.0. The number of carbonyl (C=O) groups is 3. The highest BCUT2D eigenvalue weighted by Crippen LogP contribution is 2.30. The SMILES string of the molecule is CC(C)[C@H](N)C(=O)OCOn1cc(C(=O)NN(Cc2ccc(-c3cc(Cl)ccc3Cl)cc2)C[C@@H](O)C(=O)O)nn1. The molecule has 0 bridgehead atoms. The summed E-state index contributed by atoms with van der Waals surface area (Å²) in [4.78, 5) is 41.7. The number of aromatic nitrogens is 3. The van der Waals surface area contributed by atoms with Crippen molar-refractivity contribution in [1.29, 1.82) is 0 Å². The van der Waals surface area contributed by atoms with E-state index in [1.807, 2.05) is 0 Å². The van der Waals surface area contributed by atoms with Crippen LogP contribution in [0.3, 0.4) is 0 Å². The number of hydrogen-bond acceptors (Lipinski definition) is 10. The van der Waals surface area contributed by atoms with E-state index in [-0.39, 0.29) is 18.2 Å².